The van der Waals surface area contributed by atoms with Crippen molar-refractivity contribution in [3.05, 3.63) is 12.2 Å². The first-order chi connectivity index (χ1) is 7.19. The SMILES string of the molecule is COC(=O)[C@@H]1[C@@H](C)CC=CC12CCCC2. The molecule has 0 radical (unpaired) electrons. The molecule has 2 aliphatic rings. The van der Waals surface area contributed by atoms with Crippen molar-refractivity contribution in [2.45, 2.75) is 39.0 Å². The summed E-state index contributed by atoms with van der Waals surface area (Å²) in [6.45, 7) is 2.17. The first-order valence-electron chi connectivity index (χ1n) is 5.95. The molecule has 0 heterocycles. The van der Waals surface area contributed by atoms with Crippen LogP contribution in [-0.4, -0.2) is 13.1 Å². The Hall–Kier alpha value is -0.790. The Morgan fingerprint density at radius 3 is 2.67 bits per heavy atom. The van der Waals surface area contributed by atoms with E-state index in [0.717, 1.165) is 19.3 Å². The molecule has 2 rings (SSSR count). The zero-order valence-corrected chi connectivity index (χ0v) is 9.66. The van der Waals surface area contributed by atoms with Crippen molar-refractivity contribution in [2.75, 3.05) is 7.11 Å². The number of hydrogen-bond donors (Lipinski definition) is 0. The molecule has 0 unspecified atom stereocenters. The van der Waals surface area contributed by atoms with Crippen molar-refractivity contribution in [3.63, 3.8) is 0 Å². The van der Waals surface area contributed by atoms with Crippen LogP contribution in [0.2, 0.25) is 0 Å². The second-order valence-electron chi connectivity index (χ2n) is 5.06. The van der Waals surface area contributed by atoms with E-state index in [1.807, 2.05) is 0 Å². The lowest BCUT2D eigenvalue weighted by Crippen LogP contribution is -2.39. The predicted octanol–water partition coefficient (Wildman–Crippen LogP) is 2.93. The first kappa shape index (κ1) is 10.7. The molecule has 2 aliphatic carbocycles. The van der Waals surface area contributed by atoms with E-state index >= 15 is 0 Å². The summed E-state index contributed by atoms with van der Waals surface area (Å²) in [6.07, 6.45) is 10.4. The van der Waals surface area contributed by atoms with Gasteiger partial charge in [0.25, 0.3) is 0 Å². The zero-order chi connectivity index (χ0) is 10.9. The maximum absolute atomic E-state index is 11.9. The number of methoxy groups -OCH3 is 1. The molecule has 2 atom stereocenters. The Kier molecular flexibility index (Phi) is 2.85. The van der Waals surface area contributed by atoms with Crippen molar-refractivity contribution in [3.8, 4) is 0 Å². The van der Waals surface area contributed by atoms with E-state index in [4.69, 9.17) is 4.74 Å². The molecule has 0 saturated heterocycles. The molecule has 0 N–H and O–H groups in total. The molecule has 1 saturated carbocycles. The standard InChI is InChI=1S/C13H20O2/c1-10-6-5-9-13(7-3-4-8-13)11(10)12(14)15-2/h5,9-11H,3-4,6-8H2,1-2H3/t10-,11-/m0/s1. The molecule has 2 nitrogen and oxygen atoms in total. The highest BCUT2D eigenvalue weighted by molar-refractivity contribution is 5.74. The molecular formula is C13H20O2. The van der Waals surface area contributed by atoms with Gasteiger partial charge in [-0.1, -0.05) is 31.9 Å². The highest BCUT2D eigenvalue weighted by atomic mass is 16.5. The van der Waals surface area contributed by atoms with Crippen LogP contribution in [0.1, 0.15) is 39.0 Å². The van der Waals surface area contributed by atoms with Gasteiger partial charge in [-0.05, 0) is 25.2 Å². The molecule has 1 fully saturated rings. The summed E-state index contributed by atoms with van der Waals surface area (Å²) in [7, 11) is 1.51. The van der Waals surface area contributed by atoms with Crippen LogP contribution < -0.4 is 0 Å². The van der Waals surface area contributed by atoms with Crippen LogP contribution in [0.15, 0.2) is 12.2 Å². The van der Waals surface area contributed by atoms with Gasteiger partial charge in [-0.25, -0.2) is 0 Å². The number of esters is 1. The van der Waals surface area contributed by atoms with Gasteiger partial charge in [-0.3, -0.25) is 4.79 Å². The third-order valence-electron chi connectivity index (χ3n) is 4.14. The van der Waals surface area contributed by atoms with Gasteiger partial charge >= 0.3 is 5.97 Å². The van der Waals surface area contributed by atoms with E-state index in [2.05, 4.69) is 19.1 Å². The van der Waals surface area contributed by atoms with E-state index in [-0.39, 0.29) is 17.3 Å². The number of carbonyl (C=O) groups is 1. The fraction of sp³-hybridized carbons (Fsp3) is 0.769. The fourth-order valence-electron chi connectivity index (χ4n) is 3.43. The van der Waals surface area contributed by atoms with Gasteiger partial charge in [-0.15, -0.1) is 0 Å². The molecule has 0 aromatic carbocycles. The third-order valence-corrected chi connectivity index (χ3v) is 4.14. The van der Waals surface area contributed by atoms with E-state index in [9.17, 15) is 4.79 Å². The van der Waals surface area contributed by atoms with Crippen LogP contribution in [0.3, 0.4) is 0 Å². The summed E-state index contributed by atoms with van der Waals surface area (Å²) in [4.78, 5) is 11.9. The summed E-state index contributed by atoms with van der Waals surface area (Å²) in [5.74, 6) is 0.518. The molecule has 2 heteroatoms. The molecule has 0 aromatic rings. The molecule has 0 amide bonds. The van der Waals surface area contributed by atoms with Crippen LogP contribution >= 0.6 is 0 Å². The van der Waals surface area contributed by atoms with Crippen LogP contribution in [0, 0.1) is 17.3 Å². The average Bonchev–Trinajstić information content (AvgIpc) is 2.66. The Balaban J connectivity index is 2.29. The number of allylic oxidation sites excluding steroid dienone is 2. The maximum Gasteiger partial charge on any atom is 0.309 e. The summed E-state index contributed by atoms with van der Waals surface area (Å²) in [6, 6.07) is 0. The average molecular weight is 208 g/mol. The van der Waals surface area contributed by atoms with Gasteiger partial charge in [0.05, 0.1) is 13.0 Å². The lowest BCUT2D eigenvalue weighted by atomic mass is 9.64. The molecule has 0 bridgehead atoms. The monoisotopic (exact) mass is 208 g/mol. The Morgan fingerprint density at radius 1 is 1.40 bits per heavy atom. The van der Waals surface area contributed by atoms with E-state index in [0.29, 0.717) is 5.92 Å². The van der Waals surface area contributed by atoms with Crippen molar-refractivity contribution >= 4 is 5.97 Å². The molecule has 15 heavy (non-hydrogen) atoms. The van der Waals surface area contributed by atoms with Crippen LogP contribution in [0.25, 0.3) is 0 Å². The smallest absolute Gasteiger partial charge is 0.309 e. The summed E-state index contributed by atoms with van der Waals surface area (Å²) >= 11 is 0. The molecule has 1 spiro atoms. The van der Waals surface area contributed by atoms with E-state index in [1.54, 1.807) is 0 Å². The lowest BCUT2D eigenvalue weighted by molar-refractivity contribution is -0.152. The van der Waals surface area contributed by atoms with Crippen molar-refractivity contribution < 1.29 is 9.53 Å². The number of ether oxygens (including phenoxy) is 1. The highest BCUT2D eigenvalue weighted by Gasteiger charge is 2.47. The predicted molar refractivity (Wildman–Crippen MR) is 59.3 cm³/mol. The normalized spacial score (nSPS) is 33.2. The minimum atomic E-state index is -0.00579. The van der Waals surface area contributed by atoms with E-state index in [1.165, 1.54) is 20.0 Å². The van der Waals surface area contributed by atoms with Crippen LogP contribution in [0.4, 0.5) is 0 Å². The topological polar surface area (TPSA) is 26.3 Å². The Labute approximate surface area is 91.7 Å². The lowest BCUT2D eigenvalue weighted by Gasteiger charge is -2.39. The second kappa shape index (κ2) is 3.99. The highest BCUT2D eigenvalue weighted by Crippen LogP contribution is 2.51. The fourth-order valence-corrected chi connectivity index (χ4v) is 3.43. The first-order valence-corrected chi connectivity index (χ1v) is 5.95. The number of rotatable bonds is 1. The van der Waals surface area contributed by atoms with Crippen molar-refractivity contribution in [2.24, 2.45) is 17.3 Å². The quantitative estimate of drug-likeness (QED) is 0.489. The summed E-state index contributed by atoms with van der Waals surface area (Å²) < 4.78 is 4.97. The van der Waals surface area contributed by atoms with Gasteiger partial charge in [0.2, 0.25) is 0 Å². The second-order valence-corrected chi connectivity index (χ2v) is 5.06. The molecular weight excluding hydrogens is 188 g/mol. The minimum Gasteiger partial charge on any atom is -0.469 e. The van der Waals surface area contributed by atoms with Gasteiger partial charge in [0.15, 0.2) is 0 Å². The molecule has 84 valence electrons. The Morgan fingerprint density at radius 2 is 2.07 bits per heavy atom. The third kappa shape index (κ3) is 1.70. The van der Waals surface area contributed by atoms with E-state index < -0.39 is 0 Å². The zero-order valence-electron chi connectivity index (χ0n) is 9.66. The van der Waals surface area contributed by atoms with Crippen molar-refractivity contribution in [1.29, 1.82) is 0 Å². The van der Waals surface area contributed by atoms with Crippen molar-refractivity contribution in [1.82, 2.24) is 0 Å². The summed E-state index contributed by atoms with van der Waals surface area (Å²) in [5.41, 5.74) is 0.130. The summed E-state index contributed by atoms with van der Waals surface area (Å²) in [5, 5.41) is 0. The van der Waals surface area contributed by atoms with Crippen LogP contribution in [-0.2, 0) is 9.53 Å². The molecule has 0 aromatic heterocycles. The largest absolute Gasteiger partial charge is 0.469 e. The minimum absolute atomic E-state index is 0.00579. The molecule has 0 aliphatic heterocycles. The Bertz CT molecular complexity index is 274. The van der Waals surface area contributed by atoms with Gasteiger partial charge in [0.1, 0.15) is 0 Å². The van der Waals surface area contributed by atoms with Gasteiger partial charge in [0, 0.05) is 5.41 Å². The van der Waals surface area contributed by atoms with Gasteiger partial charge in [-0.2, -0.15) is 0 Å². The van der Waals surface area contributed by atoms with Crippen LogP contribution in [0.5, 0.6) is 0 Å². The van der Waals surface area contributed by atoms with Gasteiger partial charge < -0.3 is 4.74 Å². The number of hydrogen-bond acceptors (Lipinski definition) is 2. The number of carbonyl (C=O) groups excluding carboxylic acids is 1. The maximum atomic E-state index is 11.9.